The zero-order chi connectivity index (χ0) is 26.4. The number of carboxylic acid groups (broad SMARTS) is 2. The molecule has 2 heterocycles. The van der Waals surface area contributed by atoms with E-state index in [2.05, 4.69) is 15.6 Å². The minimum Gasteiger partial charge on any atom is -0.481 e. The second kappa shape index (κ2) is 11.7. The fraction of sp³-hybridized carbons (Fsp3) is 0.458. The van der Waals surface area contributed by atoms with Gasteiger partial charge in [0.25, 0.3) is 0 Å². The minimum absolute atomic E-state index is 0.236. The van der Waals surface area contributed by atoms with Crippen molar-refractivity contribution in [2.75, 3.05) is 6.54 Å². The number of hydrogen-bond donors (Lipinski definition) is 6. The number of carbonyl (C=O) groups is 5. The molecule has 4 atom stereocenters. The summed E-state index contributed by atoms with van der Waals surface area (Å²) in [5.41, 5.74) is 8.04. The molecule has 0 bridgehead atoms. The van der Waals surface area contributed by atoms with Crippen molar-refractivity contribution in [2.24, 2.45) is 5.73 Å². The monoisotopic (exact) mass is 501 g/mol. The lowest BCUT2D eigenvalue weighted by Crippen LogP contribution is -2.56. The van der Waals surface area contributed by atoms with Gasteiger partial charge >= 0.3 is 11.9 Å². The van der Waals surface area contributed by atoms with Gasteiger partial charge in [-0.1, -0.05) is 18.2 Å². The average Bonchev–Trinajstić information content (AvgIpc) is 3.48. The van der Waals surface area contributed by atoms with Crippen LogP contribution in [0.5, 0.6) is 0 Å². The van der Waals surface area contributed by atoms with Crippen LogP contribution in [0, 0.1) is 0 Å². The fourth-order valence-electron chi connectivity index (χ4n) is 4.32. The van der Waals surface area contributed by atoms with Gasteiger partial charge < -0.3 is 36.5 Å². The van der Waals surface area contributed by atoms with Crippen LogP contribution in [0.2, 0.25) is 0 Å². The highest BCUT2D eigenvalue weighted by Crippen LogP contribution is 2.22. The summed E-state index contributed by atoms with van der Waals surface area (Å²) in [6.45, 7) is 1.57. The molecule has 1 aromatic heterocycles. The van der Waals surface area contributed by atoms with E-state index in [1.165, 1.54) is 11.8 Å². The first-order valence-electron chi connectivity index (χ1n) is 11.7. The number of rotatable bonds is 11. The van der Waals surface area contributed by atoms with Crippen LogP contribution in [0.1, 0.15) is 38.2 Å². The number of H-pyrrole nitrogens is 1. The van der Waals surface area contributed by atoms with Gasteiger partial charge in [0.05, 0.1) is 6.04 Å². The Balaban J connectivity index is 1.67. The van der Waals surface area contributed by atoms with Gasteiger partial charge in [0.1, 0.15) is 18.1 Å². The maximum absolute atomic E-state index is 13.2. The Bertz CT molecular complexity index is 1150. The summed E-state index contributed by atoms with van der Waals surface area (Å²) in [6.07, 6.45) is 2.34. The lowest BCUT2D eigenvalue weighted by Gasteiger charge is -2.28. The normalized spacial score (nSPS) is 17.8. The van der Waals surface area contributed by atoms with E-state index in [9.17, 15) is 24.0 Å². The van der Waals surface area contributed by atoms with Crippen molar-refractivity contribution in [2.45, 2.75) is 63.2 Å². The molecule has 194 valence electrons. The zero-order valence-electron chi connectivity index (χ0n) is 19.9. The molecular weight excluding hydrogens is 470 g/mol. The van der Waals surface area contributed by atoms with Crippen molar-refractivity contribution in [3.05, 3.63) is 36.0 Å². The number of nitrogens with zero attached hydrogens (tertiary/aromatic N) is 1. The summed E-state index contributed by atoms with van der Waals surface area (Å²) < 4.78 is 0. The van der Waals surface area contributed by atoms with Crippen LogP contribution in [-0.2, 0) is 30.4 Å². The minimum atomic E-state index is -1.27. The second-order valence-electron chi connectivity index (χ2n) is 8.92. The van der Waals surface area contributed by atoms with E-state index in [4.69, 9.17) is 15.9 Å². The van der Waals surface area contributed by atoms with Gasteiger partial charge in [-0.15, -0.1) is 0 Å². The Hall–Kier alpha value is -3.93. The van der Waals surface area contributed by atoms with Gasteiger partial charge in [-0.2, -0.15) is 0 Å². The standard InChI is InChI=1S/C24H31N5O7/c1-13(24(35)36)27-21(32)18(8-9-20(30)31)28-22(33)19-7-4-10-29(19)23(34)16(25)11-14-12-26-17-6-3-2-5-15(14)17/h2-3,5-6,12-13,16,18-19,26H,4,7-11,25H2,1H3,(H,27,32)(H,28,33)(H,30,31)(H,35,36). The molecule has 12 heteroatoms. The van der Waals surface area contributed by atoms with Gasteiger partial charge in [-0.05, 0) is 44.2 Å². The lowest BCUT2D eigenvalue weighted by atomic mass is 10.0. The van der Waals surface area contributed by atoms with Crippen molar-refractivity contribution in [3.63, 3.8) is 0 Å². The van der Waals surface area contributed by atoms with Crippen LogP contribution >= 0.6 is 0 Å². The molecule has 12 nitrogen and oxygen atoms in total. The summed E-state index contributed by atoms with van der Waals surface area (Å²) in [4.78, 5) is 65.4. The number of amides is 3. The molecule has 4 unspecified atom stereocenters. The molecule has 7 N–H and O–H groups in total. The Morgan fingerprint density at radius 1 is 1.17 bits per heavy atom. The third-order valence-corrected chi connectivity index (χ3v) is 6.28. The number of likely N-dealkylation sites (tertiary alicyclic amines) is 1. The molecular formula is C24H31N5O7. The van der Waals surface area contributed by atoms with Crippen molar-refractivity contribution in [3.8, 4) is 0 Å². The van der Waals surface area contributed by atoms with Gasteiger partial charge in [-0.25, -0.2) is 0 Å². The summed E-state index contributed by atoms with van der Waals surface area (Å²) >= 11 is 0. The first-order chi connectivity index (χ1) is 17.1. The third kappa shape index (κ3) is 6.39. The second-order valence-corrected chi connectivity index (χ2v) is 8.92. The third-order valence-electron chi connectivity index (χ3n) is 6.28. The number of carbonyl (C=O) groups excluding carboxylic acids is 3. The average molecular weight is 502 g/mol. The predicted octanol–water partition coefficient (Wildman–Crippen LogP) is -0.0324. The van der Waals surface area contributed by atoms with Crippen LogP contribution in [0.25, 0.3) is 10.9 Å². The highest BCUT2D eigenvalue weighted by Gasteiger charge is 2.38. The number of aliphatic carboxylic acids is 2. The Morgan fingerprint density at radius 2 is 1.89 bits per heavy atom. The molecule has 1 aliphatic heterocycles. The Morgan fingerprint density at radius 3 is 2.58 bits per heavy atom. The number of nitrogens with two attached hydrogens (primary N) is 1. The van der Waals surface area contributed by atoms with Crippen LogP contribution in [0.15, 0.2) is 30.5 Å². The summed E-state index contributed by atoms with van der Waals surface area (Å²) in [5, 5.41) is 23.7. The van der Waals surface area contributed by atoms with Crippen LogP contribution in [-0.4, -0.2) is 80.5 Å². The van der Waals surface area contributed by atoms with Crippen LogP contribution < -0.4 is 16.4 Å². The van der Waals surface area contributed by atoms with E-state index in [1.54, 1.807) is 6.20 Å². The van der Waals surface area contributed by atoms with Gasteiger partial charge in [0, 0.05) is 30.1 Å². The first-order valence-corrected chi connectivity index (χ1v) is 11.7. The Labute approximate surface area is 207 Å². The number of carboxylic acids is 2. The van der Waals surface area contributed by atoms with E-state index in [0.717, 1.165) is 16.5 Å². The van der Waals surface area contributed by atoms with Crippen molar-refractivity contribution in [1.82, 2.24) is 20.5 Å². The largest absolute Gasteiger partial charge is 0.481 e. The number of aromatic amines is 1. The maximum atomic E-state index is 13.2. The van der Waals surface area contributed by atoms with E-state index < -0.39 is 60.2 Å². The number of fused-ring (bicyclic) bond motifs is 1. The van der Waals surface area contributed by atoms with Gasteiger partial charge in [-0.3, -0.25) is 24.0 Å². The number of nitrogens with one attached hydrogen (secondary N) is 3. The predicted molar refractivity (Wildman–Crippen MR) is 129 cm³/mol. The molecule has 0 spiro atoms. The molecule has 0 saturated carbocycles. The number of aromatic nitrogens is 1. The topological polar surface area (TPSA) is 195 Å². The molecule has 36 heavy (non-hydrogen) atoms. The van der Waals surface area contributed by atoms with E-state index in [0.29, 0.717) is 19.4 Å². The smallest absolute Gasteiger partial charge is 0.325 e. The van der Waals surface area contributed by atoms with Crippen molar-refractivity contribution in [1.29, 1.82) is 0 Å². The molecule has 1 saturated heterocycles. The molecule has 1 aromatic carbocycles. The Kier molecular flexibility index (Phi) is 8.64. The highest BCUT2D eigenvalue weighted by atomic mass is 16.4. The maximum Gasteiger partial charge on any atom is 0.325 e. The molecule has 3 amide bonds. The van der Waals surface area contributed by atoms with Gasteiger partial charge in [0.15, 0.2) is 0 Å². The summed E-state index contributed by atoms with van der Waals surface area (Å²) in [6, 6.07) is 3.37. The van der Waals surface area contributed by atoms with E-state index in [-0.39, 0.29) is 12.8 Å². The van der Waals surface area contributed by atoms with Crippen molar-refractivity contribution >= 4 is 40.6 Å². The summed E-state index contributed by atoms with van der Waals surface area (Å²) in [5.74, 6) is -4.28. The highest BCUT2D eigenvalue weighted by molar-refractivity contribution is 5.95. The molecule has 0 radical (unpaired) electrons. The number of hydrogen-bond acceptors (Lipinski definition) is 6. The SMILES string of the molecule is CC(NC(=O)C(CCC(=O)O)NC(=O)C1CCCN1C(=O)C(N)Cc1c[nH]c2ccccc12)C(=O)O. The molecule has 2 aromatic rings. The van der Waals surface area contributed by atoms with Gasteiger partial charge in [0.2, 0.25) is 17.7 Å². The van der Waals surface area contributed by atoms with E-state index in [1.807, 2.05) is 24.3 Å². The van der Waals surface area contributed by atoms with Crippen LogP contribution in [0.4, 0.5) is 0 Å². The molecule has 3 rings (SSSR count). The summed E-state index contributed by atoms with van der Waals surface area (Å²) in [7, 11) is 0. The first kappa shape index (κ1) is 26.7. The number of benzene rings is 1. The molecule has 1 fully saturated rings. The lowest BCUT2D eigenvalue weighted by molar-refractivity contribution is -0.143. The van der Waals surface area contributed by atoms with Crippen LogP contribution in [0.3, 0.4) is 0 Å². The van der Waals surface area contributed by atoms with E-state index >= 15 is 0 Å². The van der Waals surface area contributed by atoms with Crippen molar-refractivity contribution < 1.29 is 34.2 Å². The molecule has 0 aliphatic carbocycles. The molecule has 1 aliphatic rings. The fourth-order valence-corrected chi connectivity index (χ4v) is 4.32. The number of para-hydroxylation sites is 1. The quantitative estimate of drug-likeness (QED) is 0.247. The zero-order valence-corrected chi connectivity index (χ0v) is 19.9.